The number of nitrogens with one attached hydrogen (secondary N) is 2. The SMILES string of the molecule is C=CCOC(=O)N1CCC[C@H]1C(=O)N[C@H](C(=O)Nc1ccc(CO)cc1)[C@@H](C)CC. The Labute approximate surface area is 177 Å². The van der Waals surface area contributed by atoms with E-state index in [-0.39, 0.29) is 30.9 Å². The van der Waals surface area contributed by atoms with E-state index < -0.39 is 18.2 Å². The molecule has 1 fully saturated rings. The Morgan fingerprint density at radius 3 is 2.63 bits per heavy atom. The van der Waals surface area contributed by atoms with Crippen molar-refractivity contribution in [2.24, 2.45) is 5.92 Å². The molecule has 3 amide bonds. The van der Waals surface area contributed by atoms with Gasteiger partial charge in [-0.25, -0.2) is 4.79 Å². The van der Waals surface area contributed by atoms with Gasteiger partial charge >= 0.3 is 6.09 Å². The van der Waals surface area contributed by atoms with Crippen LogP contribution in [0, 0.1) is 5.92 Å². The van der Waals surface area contributed by atoms with E-state index in [9.17, 15) is 14.4 Å². The Morgan fingerprint density at radius 1 is 1.33 bits per heavy atom. The Morgan fingerprint density at radius 2 is 2.03 bits per heavy atom. The highest BCUT2D eigenvalue weighted by Gasteiger charge is 2.37. The highest BCUT2D eigenvalue weighted by Crippen LogP contribution is 2.20. The zero-order chi connectivity index (χ0) is 22.1. The van der Waals surface area contributed by atoms with Crippen LogP contribution in [0.15, 0.2) is 36.9 Å². The minimum Gasteiger partial charge on any atom is -0.445 e. The van der Waals surface area contributed by atoms with Crippen LogP contribution < -0.4 is 10.6 Å². The predicted octanol–water partition coefficient (Wildman–Crippen LogP) is 2.44. The maximum Gasteiger partial charge on any atom is 0.410 e. The number of rotatable bonds is 9. The second-order valence-electron chi connectivity index (χ2n) is 7.43. The Bertz CT molecular complexity index is 750. The third kappa shape index (κ3) is 6.06. The molecule has 0 bridgehead atoms. The predicted molar refractivity (Wildman–Crippen MR) is 114 cm³/mol. The number of carbonyl (C=O) groups is 3. The van der Waals surface area contributed by atoms with Crippen LogP contribution in [0.2, 0.25) is 0 Å². The van der Waals surface area contributed by atoms with Crippen molar-refractivity contribution in [1.29, 1.82) is 0 Å². The molecule has 3 N–H and O–H groups in total. The zero-order valence-electron chi connectivity index (χ0n) is 17.6. The molecule has 8 heteroatoms. The summed E-state index contributed by atoms with van der Waals surface area (Å²) in [6, 6.07) is 5.44. The topological polar surface area (TPSA) is 108 Å². The minimum atomic E-state index is -0.744. The van der Waals surface area contributed by atoms with Crippen molar-refractivity contribution in [2.45, 2.75) is 51.8 Å². The average molecular weight is 418 g/mol. The first-order valence-corrected chi connectivity index (χ1v) is 10.3. The van der Waals surface area contributed by atoms with E-state index in [0.717, 1.165) is 5.56 Å². The molecule has 1 aliphatic rings. The van der Waals surface area contributed by atoms with Crippen molar-refractivity contribution in [3.05, 3.63) is 42.5 Å². The van der Waals surface area contributed by atoms with E-state index in [2.05, 4.69) is 17.2 Å². The third-order valence-electron chi connectivity index (χ3n) is 5.31. The lowest BCUT2D eigenvalue weighted by Crippen LogP contribution is -2.54. The maximum atomic E-state index is 12.9. The fraction of sp³-hybridized carbons (Fsp3) is 0.500. The number of nitrogens with zero attached hydrogens (tertiary/aromatic N) is 1. The van der Waals surface area contributed by atoms with Crippen molar-refractivity contribution >= 4 is 23.6 Å². The Hall–Kier alpha value is -2.87. The summed E-state index contributed by atoms with van der Waals surface area (Å²) in [6.07, 6.45) is 2.82. The van der Waals surface area contributed by atoms with E-state index in [1.807, 2.05) is 13.8 Å². The van der Waals surface area contributed by atoms with Crippen molar-refractivity contribution < 1.29 is 24.2 Å². The lowest BCUT2D eigenvalue weighted by molar-refractivity contribution is -0.130. The highest BCUT2D eigenvalue weighted by atomic mass is 16.6. The lowest BCUT2D eigenvalue weighted by Gasteiger charge is -2.28. The molecule has 1 heterocycles. The second kappa shape index (κ2) is 11.3. The molecule has 2 rings (SSSR count). The van der Waals surface area contributed by atoms with Crippen LogP contribution in [0.4, 0.5) is 10.5 Å². The molecule has 1 aliphatic heterocycles. The summed E-state index contributed by atoms with van der Waals surface area (Å²) in [5, 5.41) is 14.8. The summed E-state index contributed by atoms with van der Waals surface area (Å²) in [6.45, 7) is 7.79. The molecule has 164 valence electrons. The van der Waals surface area contributed by atoms with Crippen LogP contribution in [0.25, 0.3) is 0 Å². The minimum absolute atomic E-state index is 0.0765. The van der Waals surface area contributed by atoms with Gasteiger partial charge < -0.3 is 20.5 Å². The van der Waals surface area contributed by atoms with E-state index in [1.54, 1.807) is 24.3 Å². The Kier molecular flexibility index (Phi) is 8.86. The number of benzene rings is 1. The first kappa shape index (κ1) is 23.4. The molecule has 0 aromatic heterocycles. The van der Waals surface area contributed by atoms with E-state index in [1.165, 1.54) is 11.0 Å². The van der Waals surface area contributed by atoms with Gasteiger partial charge in [-0.1, -0.05) is 45.1 Å². The smallest absolute Gasteiger partial charge is 0.410 e. The highest BCUT2D eigenvalue weighted by molar-refractivity contribution is 5.98. The van der Waals surface area contributed by atoms with Gasteiger partial charge in [0.25, 0.3) is 0 Å². The molecule has 0 radical (unpaired) electrons. The molecule has 30 heavy (non-hydrogen) atoms. The van der Waals surface area contributed by atoms with E-state index >= 15 is 0 Å². The largest absolute Gasteiger partial charge is 0.445 e. The summed E-state index contributed by atoms with van der Waals surface area (Å²) in [7, 11) is 0. The number of hydrogen-bond acceptors (Lipinski definition) is 5. The molecular formula is C22H31N3O5. The normalized spacial score (nSPS) is 17.7. The lowest BCUT2D eigenvalue weighted by atomic mass is 9.97. The number of amides is 3. The van der Waals surface area contributed by atoms with Gasteiger partial charge in [-0.05, 0) is 36.5 Å². The fourth-order valence-electron chi connectivity index (χ4n) is 3.34. The molecule has 0 spiro atoms. The number of hydrogen-bond donors (Lipinski definition) is 3. The molecule has 3 atom stereocenters. The number of aliphatic hydroxyl groups is 1. The van der Waals surface area contributed by atoms with Gasteiger partial charge in [-0.2, -0.15) is 0 Å². The van der Waals surface area contributed by atoms with Gasteiger partial charge in [0.05, 0.1) is 6.61 Å². The van der Waals surface area contributed by atoms with Crippen LogP contribution >= 0.6 is 0 Å². The first-order valence-electron chi connectivity index (χ1n) is 10.3. The second-order valence-corrected chi connectivity index (χ2v) is 7.43. The standard InChI is InChI=1S/C22H31N3O5/c1-4-13-30-22(29)25-12-6-7-18(25)20(27)24-19(15(3)5-2)21(28)23-17-10-8-16(14-26)9-11-17/h4,8-11,15,18-19,26H,1,5-7,12-14H2,2-3H3,(H,23,28)(H,24,27)/t15-,18-,19-/m0/s1. The maximum absolute atomic E-state index is 12.9. The summed E-state index contributed by atoms with van der Waals surface area (Å²) in [5.41, 5.74) is 1.32. The van der Waals surface area contributed by atoms with Crippen LogP contribution in [-0.4, -0.2) is 53.1 Å². The van der Waals surface area contributed by atoms with Gasteiger partial charge in [0.1, 0.15) is 18.7 Å². The first-order chi connectivity index (χ1) is 14.4. The van der Waals surface area contributed by atoms with E-state index in [0.29, 0.717) is 31.5 Å². The number of likely N-dealkylation sites (tertiary alicyclic amines) is 1. The molecular weight excluding hydrogens is 386 g/mol. The number of ether oxygens (including phenoxy) is 1. The molecule has 8 nitrogen and oxygen atoms in total. The molecule has 1 aromatic rings. The summed E-state index contributed by atoms with van der Waals surface area (Å²) < 4.78 is 5.07. The van der Waals surface area contributed by atoms with Gasteiger partial charge in [0, 0.05) is 12.2 Å². The number of aliphatic hydroxyl groups excluding tert-OH is 1. The van der Waals surface area contributed by atoms with Crippen LogP contribution in [0.5, 0.6) is 0 Å². The Balaban J connectivity index is 2.06. The monoisotopic (exact) mass is 417 g/mol. The van der Waals surface area contributed by atoms with Crippen molar-refractivity contribution in [1.82, 2.24) is 10.2 Å². The quantitative estimate of drug-likeness (QED) is 0.535. The van der Waals surface area contributed by atoms with Gasteiger partial charge in [0.15, 0.2) is 0 Å². The fourth-order valence-corrected chi connectivity index (χ4v) is 3.34. The molecule has 0 saturated carbocycles. The van der Waals surface area contributed by atoms with Gasteiger partial charge in [0.2, 0.25) is 11.8 Å². The molecule has 1 aromatic carbocycles. The van der Waals surface area contributed by atoms with Gasteiger partial charge in [-0.15, -0.1) is 0 Å². The van der Waals surface area contributed by atoms with Crippen LogP contribution in [0.3, 0.4) is 0 Å². The summed E-state index contributed by atoms with van der Waals surface area (Å²) >= 11 is 0. The molecule has 0 aliphatic carbocycles. The molecule has 0 unspecified atom stereocenters. The van der Waals surface area contributed by atoms with Crippen LogP contribution in [0.1, 0.15) is 38.7 Å². The van der Waals surface area contributed by atoms with E-state index in [4.69, 9.17) is 9.84 Å². The number of carbonyl (C=O) groups excluding carboxylic acids is 3. The average Bonchev–Trinajstić information content (AvgIpc) is 3.25. The number of anilines is 1. The zero-order valence-corrected chi connectivity index (χ0v) is 17.6. The van der Waals surface area contributed by atoms with Crippen molar-refractivity contribution in [2.75, 3.05) is 18.5 Å². The molecule has 1 saturated heterocycles. The van der Waals surface area contributed by atoms with Crippen molar-refractivity contribution in [3.63, 3.8) is 0 Å². The van der Waals surface area contributed by atoms with Crippen molar-refractivity contribution in [3.8, 4) is 0 Å². The van der Waals surface area contributed by atoms with Crippen LogP contribution in [-0.2, 0) is 20.9 Å². The summed E-state index contributed by atoms with van der Waals surface area (Å²) in [4.78, 5) is 39.4. The third-order valence-corrected chi connectivity index (χ3v) is 5.31. The summed E-state index contributed by atoms with van der Waals surface area (Å²) in [5.74, 6) is -0.791. The van der Waals surface area contributed by atoms with Gasteiger partial charge in [-0.3, -0.25) is 14.5 Å².